The van der Waals surface area contributed by atoms with Gasteiger partial charge in [-0.15, -0.1) is 34.5 Å². The molecule has 0 amide bonds. The smallest absolute Gasteiger partial charge is 0 e. The van der Waals surface area contributed by atoms with Crippen LogP contribution in [0.15, 0.2) is 54.6 Å². The number of rotatable bonds is 4. The minimum absolute atomic E-state index is 0. The Morgan fingerprint density at radius 1 is 0.794 bits per heavy atom. The van der Waals surface area contributed by atoms with Crippen molar-refractivity contribution in [3.63, 3.8) is 0 Å². The molecule has 0 atom stereocenters. The topological polar surface area (TPSA) is 0 Å². The van der Waals surface area contributed by atoms with Gasteiger partial charge in [0.2, 0.25) is 0 Å². The van der Waals surface area contributed by atoms with Crippen LogP contribution in [-0.2, 0) is 45.1 Å². The van der Waals surface area contributed by atoms with Gasteiger partial charge in [-0.25, -0.2) is 0 Å². The van der Waals surface area contributed by atoms with Crippen LogP contribution in [0.25, 0.3) is 10.8 Å². The summed E-state index contributed by atoms with van der Waals surface area (Å²) in [5.41, 5.74) is 13.9. The summed E-state index contributed by atoms with van der Waals surface area (Å²) in [5.74, 6) is 0. The van der Waals surface area contributed by atoms with E-state index in [1.54, 1.807) is 11.1 Å². The first kappa shape index (κ1) is 26.9. The second-order valence-corrected chi connectivity index (χ2v) is 10.4. The maximum absolute atomic E-state index is 2.50. The van der Waals surface area contributed by atoms with Gasteiger partial charge in [-0.3, -0.25) is 0 Å². The molecule has 0 fully saturated rings. The number of fused-ring (bicyclic) bond motifs is 2. The Hall–Kier alpha value is -1.73. The number of benzene rings is 2. The minimum Gasteiger partial charge on any atom is -0.196 e. The Labute approximate surface area is 226 Å². The van der Waals surface area contributed by atoms with Crippen LogP contribution in [0.5, 0.6) is 0 Å². The average molecular weight is 615 g/mol. The van der Waals surface area contributed by atoms with E-state index in [0.29, 0.717) is 5.41 Å². The van der Waals surface area contributed by atoms with Crippen molar-refractivity contribution in [1.29, 1.82) is 0 Å². The quantitative estimate of drug-likeness (QED) is 0.159. The predicted molar refractivity (Wildman–Crippen MR) is 145 cm³/mol. The zero-order chi connectivity index (χ0) is 23.8. The molecule has 0 nitrogen and oxygen atoms in total. The Bertz CT molecular complexity index is 1160. The Morgan fingerprint density at radius 2 is 1.35 bits per heavy atom. The van der Waals surface area contributed by atoms with Crippen LogP contribution in [0.2, 0.25) is 0 Å². The summed E-state index contributed by atoms with van der Waals surface area (Å²) in [4.78, 5) is 0. The van der Waals surface area contributed by atoms with Crippen LogP contribution < -0.4 is 0 Å². The van der Waals surface area contributed by atoms with Gasteiger partial charge in [0, 0.05) is 25.8 Å². The van der Waals surface area contributed by atoms with Gasteiger partial charge in [0.25, 0.3) is 0 Å². The Balaban J connectivity index is 0.000000250. The Morgan fingerprint density at radius 3 is 1.85 bits per heavy atom. The first-order valence-corrected chi connectivity index (χ1v) is 12.7. The molecule has 1 aliphatic carbocycles. The van der Waals surface area contributed by atoms with E-state index in [0.717, 1.165) is 6.42 Å². The van der Waals surface area contributed by atoms with Gasteiger partial charge in [-0.1, -0.05) is 95.5 Å². The van der Waals surface area contributed by atoms with Crippen molar-refractivity contribution in [1.82, 2.24) is 0 Å². The molecule has 4 aromatic rings. The fraction of sp³-hybridized carbons (Fsp3) is 0.394. The third-order valence-electron chi connectivity index (χ3n) is 8.86. The van der Waals surface area contributed by atoms with Crippen LogP contribution in [-0.4, -0.2) is 0 Å². The van der Waals surface area contributed by atoms with E-state index in [2.05, 4.69) is 103 Å². The molecule has 0 aromatic heterocycles. The van der Waals surface area contributed by atoms with Crippen molar-refractivity contribution in [2.24, 2.45) is 5.41 Å². The SMILES string of the molecule is CCC1(CC)Cc2cc3cc[c-](Cc4ccccc4)c3cc2C1.Cc1c(C)c(C)[c-](C)c1C.[Hf]. The van der Waals surface area contributed by atoms with Crippen LogP contribution >= 0.6 is 0 Å². The van der Waals surface area contributed by atoms with Crippen molar-refractivity contribution in [3.05, 3.63) is 105 Å². The number of hydrogen-bond donors (Lipinski definition) is 0. The summed E-state index contributed by atoms with van der Waals surface area (Å²) in [6.45, 7) is 15.7. The van der Waals surface area contributed by atoms with Crippen molar-refractivity contribution in [2.75, 3.05) is 0 Å². The van der Waals surface area contributed by atoms with Gasteiger partial charge in [0.15, 0.2) is 0 Å². The normalized spacial score (nSPS) is 13.9. The fourth-order valence-corrected chi connectivity index (χ4v) is 5.73. The van der Waals surface area contributed by atoms with E-state index in [9.17, 15) is 0 Å². The van der Waals surface area contributed by atoms with Crippen LogP contribution in [0.3, 0.4) is 0 Å². The molecule has 1 heteroatoms. The summed E-state index contributed by atoms with van der Waals surface area (Å²) in [6.07, 6.45) is 6.15. The minimum atomic E-state index is 0. The molecule has 0 bridgehead atoms. The van der Waals surface area contributed by atoms with E-state index in [-0.39, 0.29) is 25.8 Å². The van der Waals surface area contributed by atoms with Crippen molar-refractivity contribution >= 4 is 10.8 Å². The zero-order valence-corrected chi connectivity index (χ0v) is 25.8. The van der Waals surface area contributed by atoms with Crippen LogP contribution in [0.4, 0.5) is 0 Å². The summed E-state index contributed by atoms with van der Waals surface area (Å²) in [6, 6.07) is 20.4. The van der Waals surface area contributed by atoms with E-state index < -0.39 is 0 Å². The monoisotopic (exact) mass is 616 g/mol. The summed E-state index contributed by atoms with van der Waals surface area (Å²) in [7, 11) is 0. The molecular weight excluding hydrogens is 575 g/mol. The molecular formula is C33H40Hf-2. The largest absolute Gasteiger partial charge is 0.196 e. The molecule has 34 heavy (non-hydrogen) atoms. The molecule has 0 heterocycles. The molecule has 0 spiro atoms. The third kappa shape index (κ3) is 5.11. The summed E-state index contributed by atoms with van der Waals surface area (Å²) >= 11 is 0. The second kappa shape index (κ2) is 10.9. The van der Waals surface area contributed by atoms with Gasteiger partial charge >= 0.3 is 0 Å². The Kier molecular flexibility index (Phi) is 8.61. The summed E-state index contributed by atoms with van der Waals surface area (Å²) < 4.78 is 0. The van der Waals surface area contributed by atoms with Gasteiger partial charge in [0.1, 0.15) is 0 Å². The molecule has 4 aromatic carbocycles. The van der Waals surface area contributed by atoms with E-state index >= 15 is 0 Å². The van der Waals surface area contributed by atoms with Crippen molar-refractivity contribution in [3.8, 4) is 0 Å². The average Bonchev–Trinajstić information content (AvgIpc) is 3.45. The number of hydrogen-bond acceptors (Lipinski definition) is 0. The molecule has 0 unspecified atom stereocenters. The second-order valence-electron chi connectivity index (χ2n) is 10.4. The molecule has 0 radical (unpaired) electrons. The van der Waals surface area contributed by atoms with Gasteiger partial charge in [0.05, 0.1) is 0 Å². The van der Waals surface area contributed by atoms with E-state index in [4.69, 9.17) is 0 Å². The molecule has 0 saturated carbocycles. The van der Waals surface area contributed by atoms with Crippen LogP contribution in [0, 0.1) is 40.0 Å². The van der Waals surface area contributed by atoms with Crippen molar-refractivity contribution < 1.29 is 25.8 Å². The first-order chi connectivity index (χ1) is 15.8. The van der Waals surface area contributed by atoms with Gasteiger partial charge in [-0.2, -0.15) is 33.9 Å². The van der Waals surface area contributed by atoms with E-state index in [1.807, 2.05) is 0 Å². The standard InChI is InChI=1S/C23H25.C10H15.Hf/c1-3-23(4-2)15-20-13-19-11-10-18(22(19)14-21(20)16-23)12-17-8-6-5-7-9-17;1-6-7(2)9(4)10(5)8(6)3;/h5-11,13-14H,3-4,12,15-16H2,1-2H3;1-5H3;/q2*-1;. The van der Waals surface area contributed by atoms with Gasteiger partial charge < -0.3 is 0 Å². The molecule has 1 aliphatic rings. The fourth-order valence-electron chi connectivity index (χ4n) is 5.73. The molecule has 0 N–H and O–H groups in total. The van der Waals surface area contributed by atoms with Crippen LogP contribution in [0.1, 0.15) is 76.8 Å². The molecule has 0 aliphatic heterocycles. The first-order valence-electron chi connectivity index (χ1n) is 12.7. The van der Waals surface area contributed by atoms with E-state index in [1.165, 1.54) is 75.4 Å². The molecule has 5 rings (SSSR count). The predicted octanol–water partition coefficient (Wildman–Crippen LogP) is 9.00. The van der Waals surface area contributed by atoms with Crippen molar-refractivity contribution in [2.45, 2.75) is 80.6 Å². The van der Waals surface area contributed by atoms with Gasteiger partial charge in [-0.05, 0) is 37.5 Å². The maximum atomic E-state index is 2.50. The molecule has 0 saturated heterocycles. The molecule has 178 valence electrons. The third-order valence-corrected chi connectivity index (χ3v) is 8.86. The summed E-state index contributed by atoms with van der Waals surface area (Å²) in [5, 5.41) is 2.90. The zero-order valence-electron chi connectivity index (χ0n) is 22.2. The maximum Gasteiger partial charge on any atom is 0 e.